The Balaban J connectivity index is 1.62. The van der Waals surface area contributed by atoms with Crippen molar-refractivity contribution in [1.29, 1.82) is 0 Å². The molecule has 1 heterocycles. The molecule has 3 rings (SSSR count). The summed E-state index contributed by atoms with van der Waals surface area (Å²) in [7, 11) is 0. The Morgan fingerprint density at radius 2 is 1.92 bits per heavy atom. The predicted molar refractivity (Wildman–Crippen MR) is 102 cm³/mol. The zero-order valence-electron chi connectivity index (χ0n) is 14.3. The van der Waals surface area contributed by atoms with Crippen LogP contribution in [0.4, 0.5) is 0 Å². The summed E-state index contributed by atoms with van der Waals surface area (Å²) in [4.78, 5) is 10.4. The molecular formula is C19H26N4S. The molecule has 0 atom stereocenters. The minimum atomic E-state index is 0.485. The number of thiazole rings is 1. The molecule has 1 aromatic heterocycles. The second-order valence-electron chi connectivity index (χ2n) is 6.43. The molecule has 1 aromatic carbocycles. The third-order valence-electron chi connectivity index (χ3n) is 4.51. The topological polar surface area (TPSA) is 63.3 Å². The van der Waals surface area contributed by atoms with E-state index in [1.54, 1.807) is 11.3 Å². The lowest BCUT2D eigenvalue weighted by atomic mass is 10.1. The third-order valence-corrected chi connectivity index (χ3v) is 5.70. The lowest BCUT2D eigenvalue weighted by molar-refractivity contribution is 0.530. The van der Waals surface area contributed by atoms with Gasteiger partial charge in [-0.2, -0.15) is 0 Å². The van der Waals surface area contributed by atoms with Gasteiger partial charge in [0.1, 0.15) is 5.01 Å². The molecule has 0 bridgehead atoms. The van der Waals surface area contributed by atoms with E-state index in [2.05, 4.69) is 27.4 Å². The molecule has 24 heavy (non-hydrogen) atoms. The zero-order chi connectivity index (χ0) is 16.8. The van der Waals surface area contributed by atoms with Gasteiger partial charge in [0, 0.05) is 16.5 Å². The summed E-state index contributed by atoms with van der Waals surface area (Å²) in [6.07, 6.45) is 7.68. The smallest absolute Gasteiger partial charge is 0.189 e. The Hall–Kier alpha value is -1.88. The fourth-order valence-corrected chi connectivity index (χ4v) is 4.11. The van der Waals surface area contributed by atoms with Crippen molar-refractivity contribution in [3.63, 3.8) is 0 Å². The van der Waals surface area contributed by atoms with Crippen LogP contribution in [-0.2, 0) is 6.54 Å². The van der Waals surface area contributed by atoms with Crippen LogP contribution in [0.1, 0.15) is 49.1 Å². The molecule has 0 spiro atoms. The van der Waals surface area contributed by atoms with Crippen LogP contribution in [0.15, 0.2) is 35.3 Å². The number of hydrogen-bond donors (Lipinski definition) is 2. The minimum Gasteiger partial charge on any atom is -0.370 e. The van der Waals surface area contributed by atoms with Gasteiger partial charge in [-0.3, -0.25) is 0 Å². The number of aromatic nitrogens is 1. The molecule has 4 nitrogen and oxygen atoms in total. The van der Waals surface area contributed by atoms with Crippen LogP contribution in [0.5, 0.6) is 0 Å². The van der Waals surface area contributed by atoms with Gasteiger partial charge in [-0.25, -0.2) is 9.98 Å². The van der Waals surface area contributed by atoms with Crippen molar-refractivity contribution in [1.82, 2.24) is 10.3 Å². The highest BCUT2D eigenvalue weighted by molar-refractivity contribution is 7.15. The zero-order valence-corrected chi connectivity index (χ0v) is 15.1. The highest BCUT2D eigenvalue weighted by Gasteiger charge is 2.13. The molecule has 0 aliphatic heterocycles. The summed E-state index contributed by atoms with van der Waals surface area (Å²) < 4.78 is 0. The highest BCUT2D eigenvalue weighted by Crippen LogP contribution is 2.28. The van der Waals surface area contributed by atoms with Gasteiger partial charge in [-0.15, -0.1) is 11.3 Å². The van der Waals surface area contributed by atoms with Crippen LogP contribution in [0.2, 0.25) is 0 Å². The fraction of sp³-hybridized carbons (Fsp3) is 0.474. The van der Waals surface area contributed by atoms with Crippen LogP contribution in [0, 0.1) is 6.92 Å². The number of nitrogens with one attached hydrogen (secondary N) is 1. The van der Waals surface area contributed by atoms with E-state index in [0.29, 0.717) is 18.5 Å². The van der Waals surface area contributed by atoms with Gasteiger partial charge >= 0.3 is 0 Å². The molecule has 1 fully saturated rings. The second-order valence-corrected chi connectivity index (χ2v) is 7.51. The van der Waals surface area contributed by atoms with Crippen molar-refractivity contribution in [2.45, 2.75) is 58.0 Å². The van der Waals surface area contributed by atoms with Crippen molar-refractivity contribution in [2.24, 2.45) is 10.7 Å². The minimum absolute atomic E-state index is 0.485. The SMILES string of the molecule is Cc1nc(-c2ccccc2)sc1CN=C(N)NC1CCCCCC1. The second kappa shape index (κ2) is 8.29. The predicted octanol–water partition coefficient (Wildman–Crippen LogP) is 4.25. The van der Waals surface area contributed by atoms with Gasteiger partial charge in [0.2, 0.25) is 0 Å². The molecule has 2 aromatic rings. The van der Waals surface area contributed by atoms with E-state index in [1.165, 1.54) is 43.4 Å². The van der Waals surface area contributed by atoms with Crippen LogP contribution < -0.4 is 11.1 Å². The maximum absolute atomic E-state index is 6.09. The maximum atomic E-state index is 6.09. The van der Waals surface area contributed by atoms with E-state index in [0.717, 1.165) is 16.3 Å². The van der Waals surface area contributed by atoms with Gasteiger partial charge in [0.25, 0.3) is 0 Å². The van der Waals surface area contributed by atoms with E-state index in [4.69, 9.17) is 5.73 Å². The molecule has 0 radical (unpaired) electrons. The number of nitrogens with two attached hydrogens (primary N) is 1. The van der Waals surface area contributed by atoms with E-state index < -0.39 is 0 Å². The van der Waals surface area contributed by atoms with E-state index in [-0.39, 0.29) is 0 Å². The van der Waals surface area contributed by atoms with E-state index in [1.807, 2.05) is 25.1 Å². The Kier molecular flexibility index (Phi) is 5.86. The average molecular weight is 343 g/mol. The molecule has 3 N–H and O–H groups in total. The van der Waals surface area contributed by atoms with E-state index in [9.17, 15) is 0 Å². The van der Waals surface area contributed by atoms with Gasteiger partial charge in [0.05, 0.1) is 12.2 Å². The van der Waals surface area contributed by atoms with Crippen LogP contribution in [0.3, 0.4) is 0 Å². The number of nitrogens with zero attached hydrogens (tertiary/aromatic N) is 2. The monoisotopic (exact) mass is 342 g/mol. The van der Waals surface area contributed by atoms with E-state index >= 15 is 0 Å². The molecule has 1 aliphatic rings. The largest absolute Gasteiger partial charge is 0.370 e. The van der Waals surface area contributed by atoms with Crippen molar-refractivity contribution in [3.05, 3.63) is 40.9 Å². The van der Waals surface area contributed by atoms with Crippen molar-refractivity contribution >= 4 is 17.3 Å². The quantitative estimate of drug-likeness (QED) is 0.496. The average Bonchev–Trinajstić information content (AvgIpc) is 2.79. The molecule has 1 saturated carbocycles. The first kappa shape index (κ1) is 17.0. The van der Waals surface area contributed by atoms with Crippen LogP contribution in [-0.4, -0.2) is 17.0 Å². The standard InChI is InChI=1S/C19H26N4S/c1-14-17(24-18(22-14)15-9-5-4-6-10-15)13-21-19(20)23-16-11-7-2-3-8-12-16/h4-6,9-10,16H,2-3,7-8,11-13H2,1H3,(H3,20,21,23). The number of benzene rings is 1. The third kappa shape index (κ3) is 4.57. The molecule has 0 amide bonds. The van der Waals surface area contributed by atoms with Crippen molar-refractivity contribution in [3.8, 4) is 10.6 Å². The van der Waals surface area contributed by atoms with Gasteiger partial charge in [0.15, 0.2) is 5.96 Å². The van der Waals surface area contributed by atoms with Crippen molar-refractivity contribution in [2.75, 3.05) is 0 Å². The number of guanidine groups is 1. The normalized spacial score (nSPS) is 16.8. The molecular weight excluding hydrogens is 316 g/mol. The summed E-state index contributed by atoms with van der Waals surface area (Å²) in [5.74, 6) is 0.566. The first-order chi connectivity index (χ1) is 11.7. The maximum Gasteiger partial charge on any atom is 0.189 e. The summed E-state index contributed by atoms with van der Waals surface area (Å²) in [6.45, 7) is 2.64. The molecule has 128 valence electrons. The molecule has 0 unspecified atom stereocenters. The Labute approximate surface area is 148 Å². The Morgan fingerprint density at radius 1 is 1.21 bits per heavy atom. The fourth-order valence-electron chi connectivity index (χ4n) is 3.11. The highest BCUT2D eigenvalue weighted by atomic mass is 32.1. The first-order valence-electron chi connectivity index (χ1n) is 8.80. The van der Waals surface area contributed by atoms with Crippen molar-refractivity contribution < 1.29 is 0 Å². The van der Waals surface area contributed by atoms with Crippen LogP contribution in [0.25, 0.3) is 10.6 Å². The lowest BCUT2D eigenvalue weighted by Crippen LogP contribution is -2.39. The van der Waals surface area contributed by atoms with Gasteiger partial charge in [-0.05, 0) is 19.8 Å². The number of rotatable bonds is 4. The van der Waals surface area contributed by atoms with Gasteiger partial charge in [-0.1, -0.05) is 56.0 Å². The molecule has 0 saturated heterocycles. The number of hydrogen-bond acceptors (Lipinski definition) is 3. The summed E-state index contributed by atoms with van der Waals surface area (Å²) in [5, 5.41) is 4.45. The summed E-state index contributed by atoms with van der Waals surface area (Å²) >= 11 is 1.70. The molecule has 1 aliphatic carbocycles. The molecule has 5 heteroatoms. The number of aryl methyl sites for hydroxylation is 1. The number of aliphatic imine (C=N–C) groups is 1. The summed E-state index contributed by atoms with van der Waals surface area (Å²) in [6, 6.07) is 10.8. The van der Waals surface area contributed by atoms with Gasteiger partial charge < -0.3 is 11.1 Å². The summed E-state index contributed by atoms with van der Waals surface area (Å²) in [5.41, 5.74) is 8.30. The lowest BCUT2D eigenvalue weighted by Gasteiger charge is -2.16. The first-order valence-corrected chi connectivity index (χ1v) is 9.62. The van der Waals surface area contributed by atoms with Crippen LogP contribution >= 0.6 is 11.3 Å². The Bertz CT molecular complexity index is 670. The Morgan fingerprint density at radius 3 is 2.62 bits per heavy atom.